The number of hydrogen-bond acceptors (Lipinski definition) is 4. The predicted molar refractivity (Wildman–Crippen MR) is 110 cm³/mol. The first kappa shape index (κ1) is 17.3. The van der Waals surface area contributed by atoms with E-state index in [1.165, 1.54) is 5.56 Å². The fraction of sp³-hybridized carbons (Fsp3) is 0.364. The Balaban J connectivity index is 1.42. The summed E-state index contributed by atoms with van der Waals surface area (Å²) < 4.78 is 7.34. The Morgan fingerprint density at radius 2 is 1.89 bits per heavy atom. The number of nitrogens with zero attached hydrogens (tertiary/aromatic N) is 3. The summed E-state index contributed by atoms with van der Waals surface area (Å²) in [6.07, 6.45) is 0.900. The Hall–Kier alpha value is -2.86. The normalized spacial score (nSPS) is 21.7. The first-order chi connectivity index (χ1) is 13.7. The quantitative estimate of drug-likeness (QED) is 0.760. The van der Waals surface area contributed by atoms with Crippen molar-refractivity contribution in [2.45, 2.75) is 12.3 Å². The number of amides is 1. The van der Waals surface area contributed by atoms with E-state index in [1.807, 2.05) is 42.1 Å². The van der Waals surface area contributed by atoms with Crippen LogP contribution in [0.4, 0.5) is 11.5 Å². The van der Waals surface area contributed by atoms with Gasteiger partial charge in [-0.3, -0.25) is 9.48 Å². The third-order valence-electron chi connectivity index (χ3n) is 5.80. The highest BCUT2D eigenvalue weighted by atomic mass is 16.5. The summed E-state index contributed by atoms with van der Waals surface area (Å²) in [6, 6.07) is 16.5. The summed E-state index contributed by atoms with van der Waals surface area (Å²) >= 11 is 0. The van der Waals surface area contributed by atoms with E-state index in [0.29, 0.717) is 11.7 Å². The minimum absolute atomic E-state index is 0.0232. The Morgan fingerprint density at radius 3 is 2.68 bits per heavy atom. The van der Waals surface area contributed by atoms with Gasteiger partial charge in [-0.05, 0) is 30.0 Å². The van der Waals surface area contributed by atoms with Gasteiger partial charge < -0.3 is 15.0 Å². The van der Waals surface area contributed by atoms with Crippen molar-refractivity contribution < 1.29 is 9.53 Å². The number of ether oxygens (including phenoxy) is 1. The molecule has 3 aromatic rings. The molecule has 1 amide bonds. The zero-order valence-electron chi connectivity index (χ0n) is 16.0. The molecule has 1 aliphatic heterocycles. The molecule has 2 aromatic carbocycles. The molecular formula is C22H24N4O2. The van der Waals surface area contributed by atoms with Crippen LogP contribution in [-0.4, -0.2) is 42.0 Å². The maximum absolute atomic E-state index is 12.9. The summed E-state index contributed by atoms with van der Waals surface area (Å²) in [6.45, 7) is 3.14. The van der Waals surface area contributed by atoms with Gasteiger partial charge in [-0.15, -0.1) is 0 Å². The Morgan fingerprint density at radius 1 is 1.11 bits per heavy atom. The lowest BCUT2D eigenvalue weighted by molar-refractivity contribution is -0.117. The number of morpholine rings is 1. The molecule has 1 saturated heterocycles. The van der Waals surface area contributed by atoms with Crippen molar-refractivity contribution in [3.63, 3.8) is 0 Å². The lowest BCUT2D eigenvalue weighted by atomic mass is 10.1. The van der Waals surface area contributed by atoms with Crippen molar-refractivity contribution in [3.05, 3.63) is 54.1 Å². The number of hydrogen-bond donors (Lipinski definition) is 1. The topological polar surface area (TPSA) is 59.4 Å². The molecule has 1 saturated carbocycles. The van der Waals surface area contributed by atoms with Crippen molar-refractivity contribution in [2.24, 2.45) is 13.0 Å². The predicted octanol–water partition coefficient (Wildman–Crippen LogP) is 3.15. The maximum atomic E-state index is 12.9. The molecule has 2 aliphatic rings. The molecule has 6 heteroatoms. The van der Waals surface area contributed by atoms with Crippen molar-refractivity contribution in [1.29, 1.82) is 0 Å². The number of carbonyl (C=O) groups is 1. The van der Waals surface area contributed by atoms with Crippen LogP contribution in [-0.2, 0) is 16.6 Å². The standard InChI is InChI=1S/C22H24N4O2/c1-25-18-8-5-9-19(26-10-12-28-13-11-26)20(18)21(24-25)23-22(27)17-14-16(17)15-6-3-2-4-7-15/h2-9,16-17H,10-14H2,1H3,(H,23,24,27). The molecule has 5 rings (SSSR count). The van der Waals surface area contributed by atoms with Crippen molar-refractivity contribution in [1.82, 2.24) is 9.78 Å². The van der Waals surface area contributed by atoms with Crippen LogP contribution < -0.4 is 10.2 Å². The largest absolute Gasteiger partial charge is 0.378 e. The van der Waals surface area contributed by atoms with E-state index in [0.717, 1.165) is 49.3 Å². The average molecular weight is 376 g/mol. The van der Waals surface area contributed by atoms with Gasteiger partial charge in [-0.2, -0.15) is 5.10 Å². The van der Waals surface area contributed by atoms with Gasteiger partial charge in [0.2, 0.25) is 5.91 Å². The number of nitrogens with one attached hydrogen (secondary N) is 1. The minimum atomic E-state index is 0.0232. The average Bonchev–Trinajstić information content (AvgIpc) is 3.49. The molecule has 6 nitrogen and oxygen atoms in total. The van der Waals surface area contributed by atoms with Crippen LogP contribution in [0.25, 0.3) is 10.9 Å². The lowest BCUT2D eigenvalue weighted by Gasteiger charge is -2.29. The first-order valence-corrected chi connectivity index (χ1v) is 9.86. The van der Waals surface area contributed by atoms with E-state index in [2.05, 4.69) is 33.5 Å². The number of benzene rings is 2. The Kier molecular flexibility index (Phi) is 4.28. The zero-order valence-corrected chi connectivity index (χ0v) is 16.0. The van der Waals surface area contributed by atoms with E-state index in [1.54, 1.807) is 0 Å². The highest BCUT2D eigenvalue weighted by Crippen LogP contribution is 2.48. The van der Waals surface area contributed by atoms with Gasteiger partial charge in [-0.1, -0.05) is 36.4 Å². The Bertz CT molecular complexity index is 1010. The van der Waals surface area contributed by atoms with Crippen molar-refractivity contribution >= 4 is 28.3 Å². The highest BCUT2D eigenvalue weighted by molar-refractivity contribution is 6.07. The summed E-state index contributed by atoms with van der Waals surface area (Å²) in [4.78, 5) is 15.2. The van der Waals surface area contributed by atoms with Crippen molar-refractivity contribution in [2.75, 3.05) is 36.5 Å². The van der Waals surface area contributed by atoms with Crippen LogP contribution in [0, 0.1) is 5.92 Å². The van der Waals surface area contributed by atoms with Gasteiger partial charge >= 0.3 is 0 Å². The molecule has 1 aliphatic carbocycles. The van der Waals surface area contributed by atoms with Gasteiger partial charge in [0.25, 0.3) is 0 Å². The number of anilines is 2. The zero-order chi connectivity index (χ0) is 19.1. The smallest absolute Gasteiger partial charge is 0.229 e. The third-order valence-corrected chi connectivity index (χ3v) is 5.80. The van der Waals surface area contributed by atoms with Crippen LogP contribution in [0.5, 0.6) is 0 Å². The fourth-order valence-corrected chi connectivity index (χ4v) is 4.21. The van der Waals surface area contributed by atoms with E-state index < -0.39 is 0 Å². The number of aromatic nitrogens is 2. The summed E-state index contributed by atoms with van der Waals surface area (Å²) in [5.74, 6) is 1.05. The lowest BCUT2D eigenvalue weighted by Crippen LogP contribution is -2.36. The molecule has 2 atom stereocenters. The maximum Gasteiger partial charge on any atom is 0.229 e. The summed E-state index contributed by atoms with van der Waals surface area (Å²) in [5, 5.41) is 8.75. The number of carbonyl (C=O) groups excluding carboxylic acids is 1. The second-order valence-corrected chi connectivity index (χ2v) is 7.59. The fourth-order valence-electron chi connectivity index (χ4n) is 4.21. The SMILES string of the molecule is Cn1nc(NC(=O)C2CC2c2ccccc2)c2c(N3CCOCC3)cccc21. The number of fused-ring (bicyclic) bond motifs is 1. The van der Waals surface area contributed by atoms with Crippen molar-refractivity contribution in [3.8, 4) is 0 Å². The van der Waals surface area contributed by atoms with Gasteiger partial charge in [-0.25, -0.2) is 0 Å². The first-order valence-electron chi connectivity index (χ1n) is 9.86. The van der Waals surface area contributed by atoms with Crippen LogP contribution in [0.2, 0.25) is 0 Å². The minimum Gasteiger partial charge on any atom is -0.378 e. The second-order valence-electron chi connectivity index (χ2n) is 7.59. The number of aryl methyl sites for hydroxylation is 1. The van der Waals surface area contributed by atoms with Gasteiger partial charge in [0.1, 0.15) is 0 Å². The Labute approximate surface area is 164 Å². The molecule has 28 heavy (non-hydrogen) atoms. The molecule has 144 valence electrons. The molecule has 2 unspecified atom stereocenters. The summed E-state index contributed by atoms with van der Waals surface area (Å²) in [7, 11) is 1.92. The molecule has 0 radical (unpaired) electrons. The molecule has 2 fully saturated rings. The van der Waals surface area contributed by atoms with E-state index >= 15 is 0 Å². The molecule has 2 heterocycles. The molecular weight excluding hydrogens is 352 g/mol. The van der Waals surface area contributed by atoms with Crippen LogP contribution >= 0.6 is 0 Å². The summed E-state index contributed by atoms with van der Waals surface area (Å²) in [5.41, 5.74) is 3.37. The third kappa shape index (κ3) is 3.03. The highest BCUT2D eigenvalue weighted by Gasteiger charge is 2.44. The van der Waals surface area contributed by atoms with Gasteiger partial charge in [0, 0.05) is 26.1 Å². The monoisotopic (exact) mass is 376 g/mol. The van der Waals surface area contributed by atoms with Crippen LogP contribution in [0.15, 0.2) is 48.5 Å². The van der Waals surface area contributed by atoms with Crippen LogP contribution in [0.1, 0.15) is 17.9 Å². The molecule has 0 spiro atoms. The second kappa shape index (κ2) is 6.95. The van der Waals surface area contributed by atoms with Gasteiger partial charge in [0.15, 0.2) is 5.82 Å². The molecule has 0 bridgehead atoms. The van der Waals surface area contributed by atoms with E-state index in [9.17, 15) is 4.79 Å². The van der Waals surface area contributed by atoms with E-state index in [4.69, 9.17) is 4.74 Å². The number of rotatable bonds is 4. The molecule has 1 N–H and O–H groups in total. The van der Waals surface area contributed by atoms with E-state index in [-0.39, 0.29) is 11.8 Å². The molecule has 1 aromatic heterocycles. The van der Waals surface area contributed by atoms with Gasteiger partial charge in [0.05, 0.1) is 29.8 Å². The van der Waals surface area contributed by atoms with Crippen LogP contribution in [0.3, 0.4) is 0 Å².